The molecule has 98 valence electrons. The third-order valence-electron chi connectivity index (χ3n) is 2.31. The normalized spacial score (nSPS) is 11.9. The monoisotopic (exact) mass is 280 g/mol. The minimum Gasteiger partial charge on any atom is -0.369 e. The van der Waals surface area contributed by atoms with Crippen LogP contribution < -0.4 is 5.32 Å². The van der Waals surface area contributed by atoms with Gasteiger partial charge in [-0.25, -0.2) is 9.97 Å². The van der Waals surface area contributed by atoms with Crippen molar-refractivity contribution in [3.63, 3.8) is 0 Å². The second-order valence-corrected chi connectivity index (χ2v) is 3.99. The highest BCUT2D eigenvalue weighted by molar-refractivity contribution is 6.32. The van der Waals surface area contributed by atoms with Crippen molar-refractivity contribution in [2.24, 2.45) is 0 Å². The minimum absolute atomic E-state index is 0.0110. The molecule has 1 aromatic carbocycles. The molecule has 2 rings (SSSR count). The van der Waals surface area contributed by atoms with E-state index in [1.807, 2.05) is 0 Å². The molecule has 0 aliphatic rings. The van der Waals surface area contributed by atoms with Gasteiger partial charge in [-0.1, -0.05) is 17.7 Å². The van der Waals surface area contributed by atoms with E-state index in [1.165, 1.54) is 30.6 Å². The Kier molecular flexibility index (Phi) is 3.88. The van der Waals surface area contributed by atoms with Gasteiger partial charge in [0.15, 0.2) is 6.23 Å². The average molecular weight is 281 g/mol. The number of aliphatic hydroxyl groups excluding tert-OH is 1. The Labute approximate surface area is 113 Å². The number of hydrogen-bond donors (Lipinski definition) is 2. The van der Waals surface area contributed by atoms with Crippen LogP contribution in [0.1, 0.15) is 11.8 Å². The molecule has 7 nitrogen and oxygen atoms in total. The summed E-state index contributed by atoms with van der Waals surface area (Å²) in [5.74, 6) is 0.215. The Morgan fingerprint density at radius 3 is 2.68 bits per heavy atom. The van der Waals surface area contributed by atoms with E-state index in [4.69, 9.17) is 11.6 Å². The van der Waals surface area contributed by atoms with E-state index in [1.54, 1.807) is 6.07 Å². The number of hydrogen-bond acceptors (Lipinski definition) is 6. The maximum atomic E-state index is 10.7. The molecule has 0 amide bonds. The van der Waals surface area contributed by atoms with Crippen molar-refractivity contribution < 1.29 is 10.0 Å². The van der Waals surface area contributed by atoms with Crippen LogP contribution in [-0.4, -0.2) is 20.0 Å². The molecule has 0 aliphatic heterocycles. The van der Waals surface area contributed by atoms with E-state index in [2.05, 4.69) is 15.3 Å². The van der Waals surface area contributed by atoms with Crippen molar-refractivity contribution in [2.75, 3.05) is 5.32 Å². The first-order valence-electron chi connectivity index (χ1n) is 5.23. The van der Waals surface area contributed by atoms with Gasteiger partial charge in [-0.3, -0.25) is 10.1 Å². The Morgan fingerprint density at radius 1 is 1.37 bits per heavy atom. The van der Waals surface area contributed by atoms with Gasteiger partial charge in [0, 0.05) is 24.0 Å². The summed E-state index contributed by atoms with van der Waals surface area (Å²) in [4.78, 5) is 17.9. The molecule has 0 spiro atoms. The van der Waals surface area contributed by atoms with Gasteiger partial charge in [0.1, 0.15) is 5.02 Å². The number of halogens is 1. The fraction of sp³-hybridized carbons (Fsp3) is 0.0909. The van der Waals surface area contributed by atoms with Crippen molar-refractivity contribution in [3.05, 3.63) is 57.4 Å². The molecule has 2 N–H and O–H groups in total. The number of nitrogens with one attached hydrogen (secondary N) is 1. The van der Waals surface area contributed by atoms with Crippen LogP contribution in [0, 0.1) is 10.1 Å². The predicted octanol–water partition coefficient (Wildman–Crippen LogP) is 2.14. The second-order valence-electron chi connectivity index (χ2n) is 3.59. The molecule has 0 radical (unpaired) electrons. The topological polar surface area (TPSA) is 101 Å². The van der Waals surface area contributed by atoms with E-state index in [9.17, 15) is 15.2 Å². The quantitative estimate of drug-likeness (QED) is 0.505. The Bertz CT molecular complexity index is 594. The molecule has 1 aromatic heterocycles. The van der Waals surface area contributed by atoms with E-state index >= 15 is 0 Å². The molecule has 1 atom stereocenters. The first-order chi connectivity index (χ1) is 9.08. The van der Waals surface area contributed by atoms with Gasteiger partial charge in [-0.2, -0.15) is 0 Å². The van der Waals surface area contributed by atoms with Gasteiger partial charge in [0.05, 0.1) is 4.92 Å². The minimum atomic E-state index is -1.17. The molecule has 1 unspecified atom stereocenters. The maximum Gasteiger partial charge on any atom is 0.288 e. The van der Waals surface area contributed by atoms with Crippen LogP contribution in [0.4, 0.5) is 11.6 Å². The number of aliphatic hydroxyl groups is 1. The molecular weight excluding hydrogens is 272 g/mol. The fourth-order valence-electron chi connectivity index (χ4n) is 1.42. The summed E-state index contributed by atoms with van der Waals surface area (Å²) >= 11 is 5.69. The number of anilines is 1. The Balaban J connectivity index is 2.22. The number of benzene rings is 1. The summed E-state index contributed by atoms with van der Waals surface area (Å²) in [5.41, 5.74) is 0.0255. The highest BCUT2D eigenvalue weighted by atomic mass is 35.5. The van der Waals surface area contributed by atoms with Crippen LogP contribution in [0.25, 0.3) is 0 Å². The summed E-state index contributed by atoms with van der Waals surface area (Å²) in [5, 5.41) is 23.3. The van der Waals surface area contributed by atoms with Gasteiger partial charge in [0.25, 0.3) is 5.69 Å². The lowest BCUT2D eigenvalue weighted by Crippen LogP contribution is -2.12. The SMILES string of the molecule is O=[N+]([O-])c1cc(C(O)Nc2ncccn2)ccc1Cl. The zero-order chi connectivity index (χ0) is 13.8. The third kappa shape index (κ3) is 3.15. The van der Waals surface area contributed by atoms with Crippen molar-refractivity contribution in [2.45, 2.75) is 6.23 Å². The lowest BCUT2D eigenvalue weighted by atomic mass is 10.2. The highest BCUT2D eigenvalue weighted by Crippen LogP contribution is 2.27. The molecule has 19 heavy (non-hydrogen) atoms. The molecule has 2 aromatic rings. The van der Waals surface area contributed by atoms with E-state index in [-0.39, 0.29) is 16.7 Å². The molecule has 1 heterocycles. The largest absolute Gasteiger partial charge is 0.369 e. The number of nitro groups is 1. The van der Waals surface area contributed by atoms with E-state index in [0.717, 1.165) is 0 Å². The van der Waals surface area contributed by atoms with Crippen molar-refractivity contribution in [1.82, 2.24) is 9.97 Å². The Hall–Kier alpha value is -2.25. The van der Waals surface area contributed by atoms with E-state index < -0.39 is 11.2 Å². The smallest absolute Gasteiger partial charge is 0.288 e. The number of nitro benzene ring substituents is 1. The molecule has 0 bridgehead atoms. The summed E-state index contributed by atoms with van der Waals surface area (Å²) in [6.45, 7) is 0. The standard InChI is InChI=1S/C11H9ClN4O3/c12-8-3-2-7(6-9(8)16(18)19)10(17)15-11-13-4-1-5-14-11/h1-6,10,17H,(H,13,14,15). The first kappa shape index (κ1) is 13.2. The highest BCUT2D eigenvalue weighted by Gasteiger charge is 2.17. The Morgan fingerprint density at radius 2 is 2.05 bits per heavy atom. The average Bonchev–Trinajstić information content (AvgIpc) is 2.40. The van der Waals surface area contributed by atoms with Crippen LogP contribution in [0.3, 0.4) is 0 Å². The van der Waals surface area contributed by atoms with Crippen molar-refractivity contribution >= 4 is 23.2 Å². The third-order valence-corrected chi connectivity index (χ3v) is 2.63. The van der Waals surface area contributed by atoms with Crippen molar-refractivity contribution in [1.29, 1.82) is 0 Å². The summed E-state index contributed by atoms with van der Waals surface area (Å²) < 4.78 is 0. The lowest BCUT2D eigenvalue weighted by molar-refractivity contribution is -0.384. The molecule has 0 saturated carbocycles. The second kappa shape index (κ2) is 5.59. The van der Waals surface area contributed by atoms with Gasteiger partial charge in [0.2, 0.25) is 5.95 Å². The van der Waals surface area contributed by atoms with Crippen LogP contribution in [0.15, 0.2) is 36.7 Å². The lowest BCUT2D eigenvalue weighted by Gasteiger charge is -2.12. The molecule has 0 aliphatic carbocycles. The molecule has 0 fully saturated rings. The maximum absolute atomic E-state index is 10.7. The van der Waals surface area contributed by atoms with Gasteiger partial charge in [-0.05, 0) is 12.1 Å². The van der Waals surface area contributed by atoms with Crippen LogP contribution in [0.5, 0.6) is 0 Å². The number of nitrogens with zero attached hydrogens (tertiary/aromatic N) is 3. The predicted molar refractivity (Wildman–Crippen MR) is 68.7 cm³/mol. The molecule has 8 heteroatoms. The zero-order valence-corrected chi connectivity index (χ0v) is 10.3. The summed E-state index contributed by atoms with van der Waals surface area (Å²) in [6.07, 6.45) is 1.84. The van der Waals surface area contributed by atoms with Gasteiger partial charge >= 0.3 is 0 Å². The fourth-order valence-corrected chi connectivity index (χ4v) is 1.61. The van der Waals surface area contributed by atoms with Crippen LogP contribution >= 0.6 is 11.6 Å². The van der Waals surface area contributed by atoms with Crippen molar-refractivity contribution in [3.8, 4) is 0 Å². The van der Waals surface area contributed by atoms with Crippen LogP contribution in [-0.2, 0) is 0 Å². The van der Waals surface area contributed by atoms with Gasteiger partial charge in [-0.15, -0.1) is 0 Å². The van der Waals surface area contributed by atoms with E-state index in [0.29, 0.717) is 5.56 Å². The first-order valence-corrected chi connectivity index (χ1v) is 5.61. The van der Waals surface area contributed by atoms with Gasteiger partial charge < -0.3 is 10.4 Å². The summed E-state index contributed by atoms with van der Waals surface area (Å²) in [7, 11) is 0. The zero-order valence-electron chi connectivity index (χ0n) is 9.52. The number of rotatable bonds is 4. The summed E-state index contributed by atoms with van der Waals surface area (Å²) in [6, 6.07) is 5.66. The molecule has 0 saturated heterocycles. The van der Waals surface area contributed by atoms with Crippen LogP contribution in [0.2, 0.25) is 5.02 Å². The number of aromatic nitrogens is 2. The molecular formula is C11H9ClN4O3.